The Morgan fingerprint density at radius 1 is 0.946 bits per heavy atom. The number of benzene rings is 3. The van der Waals surface area contributed by atoms with E-state index in [2.05, 4.69) is 5.32 Å². The average molecular weight is 522 g/mol. The van der Waals surface area contributed by atoms with Crippen LogP contribution < -0.4 is 5.32 Å². The SMILES string of the molecule is CC[C@@H](C(=O)NC1CCCC1)N(Cc1ccccc1)C(=O)CN(C)S(=O)(=O)c1ccc2ccccc2c1. The van der Waals surface area contributed by atoms with Crippen molar-refractivity contribution in [2.45, 2.75) is 62.6 Å². The minimum atomic E-state index is -3.92. The molecule has 0 aromatic heterocycles. The molecule has 3 aromatic rings. The Balaban J connectivity index is 1.56. The summed E-state index contributed by atoms with van der Waals surface area (Å²) in [4.78, 5) is 28.5. The zero-order valence-corrected chi connectivity index (χ0v) is 22.3. The third-order valence-corrected chi connectivity index (χ3v) is 8.87. The first kappa shape index (κ1) is 26.8. The van der Waals surface area contributed by atoms with E-state index in [1.165, 1.54) is 11.9 Å². The van der Waals surface area contributed by atoms with Gasteiger partial charge in [-0.3, -0.25) is 9.59 Å². The van der Waals surface area contributed by atoms with Crippen molar-refractivity contribution in [3.05, 3.63) is 78.4 Å². The monoisotopic (exact) mass is 521 g/mol. The maximum Gasteiger partial charge on any atom is 0.243 e. The Kier molecular flexibility index (Phi) is 8.61. The molecule has 196 valence electrons. The molecule has 2 amide bonds. The summed E-state index contributed by atoms with van der Waals surface area (Å²) in [6, 6.07) is 21.4. The van der Waals surface area contributed by atoms with E-state index in [-0.39, 0.29) is 29.9 Å². The fourth-order valence-electron chi connectivity index (χ4n) is 4.94. The van der Waals surface area contributed by atoms with Gasteiger partial charge < -0.3 is 10.2 Å². The number of fused-ring (bicyclic) bond motifs is 1. The van der Waals surface area contributed by atoms with Gasteiger partial charge in [-0.2, -0.15) is 4.31 Å². The summed E-state index contributed by atoms with van der Waals surface area (Å²) in [5.74, 6) is -0.595. The third kappa shape index (κ3) is 6.37. The van der Waals surface area contributed by atoms with Crippen molar-refractivity contribution in [1.29, 1.82) is 0 Å². The zero-order chi connectivity index (χ0) is 26.4. The lowest BCUT2D eigenvalue weighted by Gasteiger charge is -2.32. The molecule has 1 atom stereocenters. The summed E-state index contributed by atoms with van der Waals surface area (Å²) < 4.78 is 27.8. The molecule has 1 N–H and O–H groups in total. The Hall–Kier alpha value is -3.23. The fourth-order valence-corrected chi connectivity index (χ4v) is 6.10. The Labute approximate surface area is 219 Å². The molecule has 1 aliphatic carbocycles. The topological polar surface area (TPSA) is 86.8 Å². The molecule has 0 radical (unpaired) electrons. The predicted molar refractivity (Wildman–Crippen MR) is 145 cm³/mol. The van der Waals surface area contributed by atoms with Gasteiger partial charge in [0.2, 0.25) is 21.8 Å². The second kappa shape index (κ2) is 11.9. The average Bonchev–Trinajstić information content (AvgIpc) is 3.41. The van der Waals surface area contributed by atoms with Gasteiger partial charge in [0.1, 0.15) is 6.04 Å². The molecule has 1 fully saturated rings. The van der Waals surface area contributed by atoms with E-state index < -0.39 is 22.0 Å². The van der Waals surface area contributed by atoms with Crippen LogP contribution in [-0.4, -0.2) is 55.1 Å². The predicted octanol–water partition coefficient (Wildman–Crippen LogP) is 4.33. The van der Waals surface area contributed by atoms with Gasteiger partial charge in [-0.15, -0.1) is 0 Å². The van der Waals surface area contributed by atoms with E-state index in [0.29, 0.717) is 6.42 Å². The van der Waals surface area contributed by atoms with Gasteiger partial charge >= 0.3 is 0 Å². The Bertz CT molecular complexity index is 1340. The van der Waals surface area contributed by atoms with Crippen molar-refractivity contribution < 1.29 is 18.0 Å². The molecule has 7 nitrogen and oxygen atoms in total. The largest absolute Gasteiger partial charge is 0.352 e. The molecule has 0 aliphatic heterocycles. The number of rotatable bonds is 10. The van der Waals surface area contributed by atoms with Crippen molar-refractivity contribution in [3.63, 3.8) is 0 Å². The Morgan fingerprint density at radius 3 is 2.27 bits per heavy atom. The van der Waals surface area contributed by atoms with Crippen molar-refractivity contribution >= 4 is 32.6 Å². The molecule has 4 rings (SSSR count). The third-order valence-electron chi connectivity index (χ3n) is 7.07. The number of amides is 2. The highest BCUT2D eigenvalue weighted by molar-refractivity contribution is 7.89. The summed E-state index contributed by atoms with van der Waals surface area (Å²) >= 11 is 0. The van der Waals surface area contributed by atoms with Gasteiger partial charge in [-0.1, -0.05) is 80.4 Å². The van der Waals surface area contributed by atoms with Crippen LogP contribution in [0.25, 0.3) is 10.8 Å². The van der Waals surface area contributed by atoms with E-state index in [4.69, 9.17) is 0 Å². The van der Waals surface area contributed by atoms with Crippen molar-refractivity contribution in [3.8, 4) is 0 Å². The number of nitrogens with zero attached hydrogens (tertiary/aromatic N) is 2. The van der Waals surface area contributed by atoms with Gasteiger partial charge in [-0.25, -0.2) is 8.42 Å². The van der Waals surface area contributed by atoms with Crippen LogP contribution in [0.3, 0.4) is 0 Å². The standard InChI is InChI=1S/C29H35N3O4S/c1-3-27(29(34)30-25-15-9-10-16-25)32(20-22-11-5-4-6-12-22)28(33)21-31(2)37(35,36)26-18-17-23-13-7-8-14-24(23)19-26/h4-8,11-14,17-19,25,27H,3,9-10,15-16,20-21H2,1-2H3,(H,30,34)/t27-/m0/s1. The van der Waals surface area contributed by atoms with E-state index in [1.807, 2.05) is 61.5 Å². The Morgan fingerprint density at radius 2 is 1.59 bits per heavy atom. The molecule has 0 saturated heterocycles. The van der Waals surface area contributed by atoms with Crippen LogP contribution in [0.2, 0.25) is 0 Å². The summed E-state index contributed by atoms with van der Waals surface area (Å²) in [6.07, 6.45) is 4.50. The number of carbonyl (C=O) groups is 2. The van der Waals surface area contributed by atoms with E-state index in [9.17, 15) is 18.0 Å². The quantitative estimate of drug-likeness (QED) is 0.430. The highest BCUT2D eigenvalue weighted by atomic mass is 32.2. The second-order valence-electron chi connectivity index (χ2n) is 9.69. The number of sulfonamides is 1. The fraction of sp³-hybridized carbons (Fsp3) is 0.379. The molecule has 3 aromatic carbocycles. The minimum absolute atomic E-state index is 0.127. The van der Waals surface area contributed by atoms with Crippen LogP contribution in [-0.2, 0) is 26.2 Å². The molecule has 0 heterocycles. The van der Waals surface area contributed by atoms with Crippen LogP contribution >= 0.6 is 0 Å². The lowest BCUT2D eigenvalue weighted by Crippen LogP contribution is -2.53. The van der Waals surface area contributed by atoms with Crippen molar-refractivity contribution in [2.24, 2.45) is 0 Å². The van der Waals surface area contributed by atoms with Crippen LogP contribution in [0.1, 0.15) is 44.6 Å². The van der Waals surface area contributed by atoms with Gasteiger partial charge in [-0.05, 0) is 47.7 Å². The summed E-state index contributed by atoms with van der Waals surface area (Å²) in [6.45, 7) is 1.73. The first-order chi connectivity index (χ1) is 17.8. The first-order valence-electron chi connectivity index (χ1n) is 12.9. The molecule has 8 heteroatoms. The van der Waals surface area contributed by atoms with Crippen LogP contribution in [0, 0.1) is 0 Å². The molecular formula is C29H35N3O4S. The summed E-state index contributed by atoms with van der Waals surface area (Å²) in [5, 5.41) is 4.86. The van der Waals surface area contributed by atoms with E-state index >= 15 is 0 Å². The van der Waals surface area contributed by atoms with Crippen LogP contribution in [0.15, 0.2) is 77.7 Å². The molecule has 0 bridgehead atoms. The maximum atomic E-state index is 13.6. The van der Waals surface area contributed by atoms with Crippen LogP contribution in [0.5, 0.6) is 0 Å². The maximum absolute atomic E-state index is 13.6. The molecule has 0 unspecified atom stereocenters. The smallest absolute Gasteiger partial charge is 0.243 e. The highest BCUT2D eigenvalue weighted by Gasteiger charge is 2.33. The lowest BCUT2D eigenvalue weighted by molar-refractivity contribution is -0.141. The summed E-state index contributed by atoms with van der Waals surface area (Å²) in [7, 11) is -2.51. The molecule has 1 saturated carbocycles. The normalized spacial score (nSPS) is 15.1. The van der Waals surface area contributed by atoms with Gasteiger partial charge in [0.05, 0.1) is 11.4 Å². The van der Waals surface area contributed by atoms with E-state index in [0.717, 1.165) is 46.3 Å². The van der Waals surface area contributed by atoms with Gasteiger partial charge in [0.25, 0.3) is 0 Å². The van der Waals surface area contributed by atoms with E-state index in [1.54, 1.807) is 18.2 Å². The van der Waals surface area contributed by atoms with Gasteiger partial charge in [0, 0.05) is 19.6 Å². The number of hydrogen-bond acceptors (Lipinski definition) is 4. The van der Waals surface area contributed by atoms with Crippen LogP contribution in [0.4, 0.5) is 0 Å². The first-order valence-corrected chi connectivity index (χ1v) is 14.3. The highest BCUT2D eigenvalue weighted by Crippen LogP contribution is 2.23. The molecule has 37 heavy (non-hydrogen) atoms. The minimum Gasteiger partial charge on any atom is -0.352 e. The lowest BCUT2D eigenvalue weighted by atomic mass is 10.1. The number of hydrogen-bond donors (Lipinski definition) is 1. The number of likely N-dealkylation sites (N-methyl/N-ethyl adjacent to an activating group) is 1. The molecule has 1 aliphatic rings. The summed E-state index contributed by atoms with van der Waals surface area (Å²) in [5.41, 5.74) is 0.878. The molecule has 0 spiro atoms. The number of carbonyl (C=O) groups excluding carboxylic acids is 2. The van der Waals surface area contributed by atoms with Gasteiger partial charge in [0.15, 0.2) is 0 Å². The zero-order valence-electron chi connectivity index (χ0n) is 21.5. The second-order valence-corrected chi connectivity index (χ2v) is 11.7. The van der Waals surface area contributed by atoms with Crippen molar-refractivity contribution in [1.82, 2.24) is 14.5 Å². The number of nitrogens with one attached hydrogen (secondary N) is 1. The van der Waals surface area contributed by atoms with Crippen molar-refractivity contribution in [2.75, 3.05) is 13.6 Å². The molecular weight excluding hydrogens is 486 g/mol.